The molecule has 1 aliphatic rings. The molecule has 2 atom stereocenters. The lowest BCUT2D eigenvalue weighted by Gasteiger charge is -2.23. The van der Waals surface area contributed by atoms with Gasteiger partial charge >= 0.3 is 0 Å². The van der Waals surface area contributed by atoms with Crippen LogP contribution in [0, 0.1) is 0 Å². The molecule has 0 radical (unpaired) electrons. The minimum absolute atomic E-state index is 0. The van der Waals surface area contributed by atoms with Crippen molar-refractivity contribution in [1.29, 1.82) is 0 Å². The molecule has 6 nitrogen and oxygen atoms in total. The monoisotopic (exact) mass is 358 g/mol. The summed E-state index contributed by atoms with van der Waals surface area (Å²) in [6.07, 6.45) is -0.265. The van der Waals surface area contributed by atoms with E-state index in [-0.39, 0.29) is 37.0 Å². The molecule has 1 heterocycles. The summed E-state index contributed by atoms with van der Waals surface area (Å²) in [5, 5.41) is 16.1. The number of nitrogens with one attached hydrogen (secondary N) is 2. The Morgan fingerprint density at radius 2 is 2.12 bits per heavy atom. The van der Waals surface area contributed by atoms with E-state index in [1.807, 2.05) is 38.1 Å². The van der Waals surface area contributed by atoms with Crippen LogP contribution in [0.2, 0.25) is 0 Å². The number of aliphatic hydroxyl groups is 1. The molecule has 0 aromatic heterocycles. The second-order valence-corrected chi connectivity index (χ2v) is 5.99. The van der Waals surface area contributed by atoms with Crippen LogP contribution in [0.25, 0.3) is 0 Å². The van der Waals surface area contributed by atoms with E-state index in [1.54, 1.807) is 0 Å². The predicted molar refractivity (Wildman–Crippen MR) is 94.7 cm³/mol. The topological polar surface area (TPSA) is 79.8 Å². The molecule has 1 aromatic rings. The highest BCUT2D eigenvalue weighted by molar-refractivity contribution is 5.85. The second kappa shape index (κ2) is 10.5. The fraction of sp³-hybridized carbons (Fsp3) is 0.588. The number of carbonyl (C=O) groups is 1. The zero-order valence-corrected chi connectivity index (χ0v) is 15.0. The number of ether oxygens (including phenoxy) is 2. The smallest absolute Gasteiger partial charge is 0.221 e. The molecule has 0 saturated carbocycles. The van der Waals surface area contributed by atoms with Crippen molar-refractivity contribution in [1.82, 2.24) is 10.6 Å². The van der Waals surface area contributed by atoms with Gasteiger partial charge in [0.25, 0.3) is 0 Å². The first-order chi connectivity index (χ1) is 11.0. The Hall–Kier alpha value is -1.34. The van der Waals surface area contributed by atoms with Gasteiger partial charge in [-0.3, -0.25) is 4.79 Å². The molecule has 2 unspecified atom stereocenters. The average molecular weight is 359 g/mol. The summed E-state index contributed by atoms with van der Waals surface area (Å²) >= 11 is 0. The Balaban J connectivity index is 0.00000288. The molecule has 1 amide bonds. The number of benzene rings is 1. The van der Waals surface area contributed by atoms with Crippen LogP contribution in [-0.2, 0) is 9.53 Å². The third-order valence-corrected chi connectivity index (χ3v) is 3.56. The Morgan fingerprint density at radius 3 is 2.71 bits per heavy atom. The number of amides is 1. The summed E-state index contributed by atoms with van der Waals surface area (Å²) in [7, 11) is 0. The van der Waals surface area contributed by atoms with Gasteiger partial charge in [-0.1, -0.05) is 12.1 Å². The highest BCUT2D eigenvalue weighted by Gasteiger charge is 2.17. The van der Waals surface area contributed by atoms with Crippen molar-refractivity contribution in [3.05, 3.63) is 29.8 Å². The van der Waals surface area contributed by atoms with Gasteiger partial charge in [0.05, 0.1) is 25.4 Å². The van der Waals surface area contributed by atoms with Gasteiger partial charge in [-0.05, 0) is 31.5 Å². The van der Waals surface area contributed by atoms with Crippen molar-refractivity contribution in [2.45, 2.75) is 38.5 Å². The maximum absolute atomic E-state index is 11.9. The van der Waals surface area contributed by atoms with Crippen molar-refractivity contribution in [2.24, 2.45) is 0 Å². The van der Waals surface area contributed by atoms with Gasteiger partial charge in [-0.15, -0.1) is 12.4 Å². The number of rotatable bonds is 7. The summed E-state index contributed by atoms with van der Waals surface area (Å²) in [6.45, 7) is 6.12. The molecule has 0 spiro atoms. The molecule has 1 aromatic carbocycles. The minimum Gasteiger partial charge on any atom is -0.491 e. The lowest BCUT2D eigenvalue weighted by atomic mass is 10.1. The van der Waals surface area contributed by atoms with Gasteiger partial charge in [0.2, 0.25) is 5.91 Å². The highest BCUT2D eigenvalue weighted by atomic mass is 35.5. The van der Waals surface area contributed by atoms with E-state index in [4.69, 9.17) is 9.47 Å². The molecule has 3 N–H and O–H groups in total. The molecule has 1 saturated heterocycles. The zero-order chi connectivity index (χ0) is 16.7. The maximum atomic E-state index is 11.9. The molecule has 0 bridgehead atoms. The Kier molecular flexibility index (Phi) is 9.07. The average Bonchev–Trinajstić information content (AvgIpc) is 2.54. The lowest BCUT2D eigenvalue weighted by Crippen LogP contribution is -2.44. The molecule has 1 fully saturated rings. The fourth-order valence-electron chi connectivity index (χ4n) is 2.42. The third-order valence-electron chi connectivity index (χ3n) is 3.56. The number of aliphatic hydroxyl groups excluding tert-OH is 1. The highest BCUT2D eigenvalue weighted by Crippen LogP contribution is 2.18. The largest absolute Gasteiger partial charge is 0.491 e. The Morgan fingerprint density at radius 1 is 1.42 bits per heavy atom. The van der Waals surface area contributed by atoms with E-state index in [2.05, 4.69) is 10.6 Å². The molecular weight excluding hydrogens is 332 g/mol. The van der Waals surface area contributed by atoms with Gasteiger partial charge in [0.1, 0.15) is 5.75 Å². The van der Waals surface area contributed by atoms with E-state index >= 15 is 0 Å². The molecule has 0 aliphatic carbocycles. The third kappa shape index (κ3) is 7.05. The van der Waals surface area contributed by atoms with Gasteiger partial charge < -0.3 is 25.2 Å². The zero-order valence-electron chi connectivity index (χ0n) is 14.2. The van der Waals surface area contributed by atoms with Gasteiger partial charge in [-0.25, -0.2) is 0 Å². The normalized spacial score (nSPS) is 18.6. The van der Waals surface area contributed by atoms with Crippen LogP contribution in [-0.4, -0.2) is 49.5 Å². The van der Waals surface area contributed by atoms with Crippen molar-refractivity contribution < 1.29 is 19.4 Å². The minimum atomic E-state index is -0.734. The summed E-state index contributed by atoms with van der Waals surface area (Å²) in [4.78, 5) is 11.9. The quantitative estimate of drug-likeness (QED) is 0.687. The van der Waals surface area contributed by atoms with Gasteiger partial charge in [0, 0.05) is 25.6 Å². The van der Waals surface area contributed by atoms with Crippen LogP contribution in [0.3, 0.4) is 0 Å². The molecular formula is C17H27ClN2O4. The number of morpholine rings is 1. The number of halogens is 1. The van der Waals surface area contributed by atoms with Crippen molar-refractivity contribution >= 4 is 18.3 Å². The van der Waals surface area contributed by atoms with Crippen LogP contribution >= 0.6 is 12.4 Å². The van der Waals surface area contributed by atoms with E-state index in [9.17, 15) is 9.90 Å². The predicted octanol–water partition coefficient (Wildman–Crippen LogP) is 1.42. The molecule has 136 valence electrons. The Bertz CT molecular complexity index is 490. The van der Waals surface area contributed by atoms with E-state index in [0.717, 1.165) is 17.9 Å². The summed E-state index contributed by atoms with van der Waals surface area (Å²) < 4.78 is 10.9. The van der Waals surface area contributed by atoms with Crippen LogP contribution in [0.4, 0.5) is 0 Å². The number of carbonyl (C=O) groups excluding carboxylic acids is 1. The van der Waals surface area contributed by atoms with Gasteiger partial charge in [-0.2, -0.15) is 0 Å². The molecule has 7 heteroatoms. The second-order valence-electron chi connectivity index (χ2n) is 5.99. The van der Waals surface area contributed by atoms with Crippen LogP contribution in [0.5, 0.6) is 5.75 Å². The molecule has 1 aliphatic heterocycles. The number of hydrogen-bond acceptors (Lipinski definition) is 5. The molecule has 2 rings (SSSR count). The van der Waals surface area contributed by atoms with Crippen molar-refractivity contribution in [2.75, 3.05) is 26.3 Å². The van der Waals surface area contributed by atoms with Crippen LogP contribution in [0.15, 0.2) is 24.3 Å². The first-order valence-corrected chi connectivity index (χ1v) is 8.07. The lowest BCUT2D eigenvalue weighted by molar-refractivity contribution is -0.122. The standard InChI is InChI=1S/C17H26N2O4.ClH/c1-12(2)23-15-5-3-13(4-6-15)16(20)10-19-17(21)9-14-11-22-8-7-18-14;/h3-6,12,14,16,18,20H,7-11H2,1-2H3,(H,19,21);1H. The van der Waals surface area contributed by atoms with E-state index in [1.165, 1.54) is 0 Å². The SMILES string of the molecule is CC(C)Oc1ccc(C(O)CNC(=O)CC2COCCN2)cc1.Cl. The van der Waals surface area contributed by atoms with Crippen LogP contribution < -0.4 is 15.4 Å². The van der Waals surface area contributed by atoms with Crippen LogP contribution in [0.1, 0.15) is 31.9 Å². The first kappa shape index (κ1) is 20.7. The van der Waals surface area contributed by atoms with Crippen molar-refractivity contribution in [3.8, 4) is 5.75 Å². The van der Waals surface area contributed by atoms with E-state index < -0.39 is 6.10 Å². The summed E-state index contributed by atoms with van der Waals surface area (Å²) in [6, 6.07) is 7.32. The number of hydrogen-bond donors (Lipinski definition) is 3. The summed E-state index contributed by atoms with van der Waals surface area (Å²) in [5.41, 5.74) is 0.750. The maximum Gasteiger partial charge on any atom is 0.221 e. The van der Waals surface area contributed by atoms with E-state index in [0.29, 0.717) is 19.6 Å². The molecule has 24 heavy (non-hydrogen) atoms. The Labute approximate surface area is 149 Å². The van der Waals surface area contributed by atoms with Crippen molar-refractivity contribution in [3.63, 3.8) is 0 Å². The van der Waals surface area contributed by atoms with Gasteiger partial charge in [0.15, 0.2) is 0 Å². The first-order valence-electron chi connectivity index (χ1n) is 8.07. The fourth-order valence-corrected chi connectivity index (χ4v) is 2.42. The summed E-state index contributed by atoms with van der Waals surface area (Å²) in [5.74, 6) is 0.676.